The van der Waals surface area contributed by atoms with Crippen molar-refractivity contribution in [3.63, 3.8) is 0 Å². The van der Waals surface area contributed by atoms with Crippen LogP contribution < -0.4 is 5.76 Å². The van der Waals surface area contributed by atoms with Crippen LogP contribution in [0.5, 0.6) is 0 Å². The molecule has 0 saturated carbocycles. The van der Waals surface area contributed by atoms with Crippen molar-refractivity contribution in [1.82, 2.24) is 10.1 Å². The zero-order valence-corrected chi connectivity index (χ0v) is 7.41. The van der Waals surface area contributed by atoms with E-state index in [9.17, 15) is 4.79 Å². The Morgan fingerprint density at radius 1 is 1.46 bits per heavy atom. The minimum atomic E-state index is -0.535. The van der Waals surface area contributed by atoms with Crippen LogP contribution in [0.4, 0.5) is 0 Å². The Labute approximate surface area is 74.8 Å². The van der Waals surface area contributed by atoms with Crippen LogP contribution in [0.3, 0.4) is 0 Å². The fraction of sp³-hybridized carbons (Fsp3) is 0.714. The number of hydrogen-bond donors (Lipinski definition) is 1. The van der Waals surface area contributed by atoms with Gasteiger partial charge in [-0.05, 0) is 0 Å². The van der Waals surface area contributed by atoms with Gasteiger partial charge in [-0.15, -0.1) is 0 Å². The molecule has 1 aromatic heterocycles. The lowest BCUT2D eigenvalue weighted by atomic mass is 10.4. The van der Waals surface area contributed by atoms with Gasteiger partial charge in [-0.2, -0.15) is 0 Å². The first-order chi connectivity index (χ1) is 6.33. The van der Waals surface area contributed by atoms with Crippen LogP contribution in [0.25, 0.3) is 0 Å². The van der Waals surface area contributed by atoms with Gasteiger partial charge in [-0.1, -0.05) is 5.16 Å². The molecule has 0 aromatic carbocycles. The zero-order chi connectivity index (χ0) is 9.52. The molecule has 13 heavy (non-hydrogen) atoms. The van der Waals surface area contributed by atoms with Crippen molar-refractivity contribution < 1.29 is 14.0 Å². The number of nitrogens with one attached hydrogen (secondary N) is 1. The van der Waals surface area contributed by atoms with Gasteiger partial charge in [0.2, 0.25) is 0 Å². The molecule has 0 fully saturated rings. The first-order valence-corrected chi connectivity index (χ1v) is 3.94. The molecule has 0 aliphatic rings. The number of hydrogen-bond acceptors (Lipinski definition) is 5. The number of ether oxygens (including phenoxy) is 2. The molecule has 1 rings (SSSR count). The molecule has 6 heteroatoms. The highest BCUT2D eigenvalue weighted by Crippen LogP contribution is 1.87. The third-order valence-corrected chi connectivity index (χ3v) is 1.40. The lowest BCUT2D eigenvalue weighted by Gasteiger charge is -2.00. The summed E-state index contributed by atoms with van der Waals surface area (Å²) < 4.78 is 14.2. The minimum Gasteiger partial charge on any atom is -0.382 e. The highest BCUT2D eigenvalue weighted by Gasteiger charge is 1.99. The van der Waals surface area contributed by atoms with E-state index in [1.807, 2.05) is 0 Å². The number of rotatable bonds is 6. The van der Waals surface area contributed by atoms with Crippen molar-refractivity contribution in [2.45, 2.75) is 6.42 Å². The van der Waals surface area contributed by atoms with Crippen LogP contribution in [0.1, 0.15) is 5.82 Å². The van der Waals surface area contributed by atoms with Gasteiger partial charge in [-0.25, -0.2) is 4.79 Å². The van der Waals surface area contributed by atoms with Crippen molar-refractivity contribution in [1.29, 1.82) is 0 Å². The predicted octanol–water partition coefficient (Wildman–Crippen LogP) is -0.432. The van der Waals surface area contributed by atoms with Gasteiger partial charge in [0.15, 0.2) is 5.82 Å². The maximum absolute atomic E-state index is 10.5. The van der Waals surface area contributed by atoms with Gasteiger partial charge in [0.25, 0.3) is 0 Å². The second kappa shape index (κ2) is 5.50. The van der Waals surface area contributed by atoms with Crippen LogP contribution in [0.15, 0.2) is 9.32 Å². The Kier molecular flexibility index (Phi) is 4.20. The van der Waals surface area contributed by atoms with Crippen LogP contribution in [-0.4, -0.2) is 37.1 Å². The van der Waals surface area contributed by atoms with Crippen molar-refractivity contribution in [3.05, 3.63) is 16.4 Å². The van der Waals surface area contributed by atoms with Crippen molar-refractivity contribution in [2.75, 3.05) is 26.9 Å². The van der Waals surface area contributed by atoms with Gasteiger partial charge in [-0.3, -0.25) is 9.51 Å². The summed E-state index contributed by atoms with van der Waals surface area (Å²) in [5.41, 5.74) is 0. The maximum Gasteiger partial charge on any atom is 0.438 e. The average Bonchev–Trinajstić information content (AvgIpc) is 2.51. The van der Waals surface area contributed by atoms with E-state index in [1.54, 1.807) is 7.11 Å². The SMILES string of the molecule is COCCOCCc1noc(=O)[nH]1. The Bertz CT molecular complexity index is 280. The molecule has 0 saturated heterocycles. The molecule has 0 aliphatic heterocycles. The molecule has 0 amide bonds. The molecule has 0 radical (unpaired) electrons. The third kappa shape index (κ3) is 3.86. The minimum absolute atomic E-state index is 0.492. The van der Waals surface area contributed by atoms with Gasteiger partial charge in [0.05, 0.1) is 19.8 Å². The summed E-state index contributed by atoms with van der Waals surface area (Å²) in [6.45, 7) is 1.60. The van der Waals surface area contributed by atoms with E-state index in [4.69, 9.17) is 9.47 Å². The molecule has 0 atom stereocenters. The summed E-state index contributed by atoms with van der Waals surface area (Å²) in [6, 6.07) is 0. The third-order valence-electron chi connectivity index (χ3n) is 1.40. The van der Waals surface area contributed by atoms with Gasteiger partial charge < -0.3 is 9.47 Å². The Balaban J connectivity index is 2.09. The largest absolute Gasteiger partial charge is 0.438 e. The molecular formula is C7H12N2O4. The van der Waals surface area contributed by atoms with Gasteiger partial charge in [0.1, 0.15) is 0 Å². The number of aromatic amines is 1. The first-order valence-electron chi connectivity index (χ1n) is 3.94. The Morgan fingerprint density at radius 3 is 2.92 bits per heavy atom. The van der Waals surface area contributed by atoms with E-state index in [0.717, 1.165) is 0 Å². The highest BCUT2D eigenvalue weighted by molar-refractivity contribution is 4.77. The van der Waals surface area contributed by atoms with Crippen molar-refractivity contribution in [3.8, 4) is 0 Å². The van der Waals surface area contributed by atoms with Gasteiger partial charge in [0, 0.05) is 13.5 Å². The topological polar surface area (TPSA) is 77.3 Å². The Morgan fingerprint density at radius 2 is 2.31 bits per heavy atom. The number of aromatic nitrogens is 2. The second-order valence-corrected chi connectivity index (χ2v) is 2.40. The number of nitrogens with zero attached hydrogens (tertiary/aromatic N) is 1. The summed E-state index contributed by atoms with van der Waals surface area (Å²) in [6.07, 6.45) is 0.537. The predicted molar refractivity (Wildman–Crippen MR) is 43.5 cm³/mol. The highest BCUT2D eigenvalue weighted by atomic mass is 16.5. The Hall–Kier alpha value is -1.14. The number of methoxy groups -OCH3 is 1. The van der Waals surface area contributed by atoms with E-state index >= 15 is 0 Å². The molecule has 6 nitrogen and oxygen atoms in total. The molecule has 1 N–H and O–H groups in total. The van der Waals surface area contributed by atoms with E-state index in [1.165, 1.54) is 0 Å². The quantitative estimate of drug-likeness (QED) is 0.613. The summed E-state index contributed by atoms with van der Waals surface area (Å²) in [4.78, 5) is 12.9. The molecule has 0 unspecified atom stereocenters. The van der Waals surface area contributed by atoms with Gasteiger partial charge >= 0.3 is 5.76 Å². The van der Waals surface area contributed by atoms with E-state index in [0.29, 0.717) is 32.1 Å². The zero-order valence-electron chi connectivity index (χ0n) is 7.41. The van der Waals surface area contributed by atoms with Crippen LogP contribution >= 0.6 is 0 Å². The normalized spacial score (nSPS) is 10.5. The molecule has 1 aromatic rings. The summed E-state index contributed by atoms with van der Waals surface area (Å²) >= 11 is 0. The summed E-state index contributed by atoms with van der Waals surface area (Å²) in [5, 5.41) is 3.48. The smallest absolute Gasteiger partial charge is 0.382 e. The lowest BCUT2D eigenvalue weighted by molar-refractivity contribution is 0.0714. The van der Waals surface area contributed by atoms with Crippen LogP contribution in [-0.2, 0) is 15.9 Å². The van der Waals surface area contributed by atoms with E-state index in [-0.39, 0.29) is 0 Å². The van der Waals surface area contributed by atoms with Crippen molar-refractivity contribution in [2.24, 2.45) is 0 Å². The van der Waals surface area contributed by atoms with E-state index in [2.05, 4.69) is 14.7 Å². The fourth-order valence-corrected chi connectivity index (χ4v) is 0.781. The second-order valence-electron chi connectivity index (χ2n) is 2.40. The molecule has 1 heterocycles. The maximum atomic E-state index is 10.5. The average molecular weight is 188 g/mol. The standard InChI is InChI=1S/C7H12N2O4/c1-11-4-5-12-3-2-6-8-7(10)13-9-6/h2-5H2,1H3,(H,8,9,10). The number of H-pyrrole nitrogens is 1. The molecule has 0 spiro atoms. The van der Waals surface area contributed by atoms with Crippen molar-refractivity contribution >= 4 is 0 Å². The van der Waals surface area contributed by atoms with E-state index < -0.39 is 5.76 Å². The van der Waals surface area contributed by atoms with Crippen LogP contribution in [0.2, 0.25) is 0 Å². The van der Waals surface area contributed by atoms with Crippen LogP contribution in [0, 0.1) is 0 Å². The summed E-state index contributed by atoms with van der Waals surface area (Å²) in [5.74, 6) is -0.0330. The fourth-order valence-electron chi connectivity index (χ4n) is 0.781. The summed E-state index contributed by atoms with van der Waals surface area (Å²) in [7, 11) is 1.61. The molecule has 0 aliphatic carbocycles. The molecular weight excluding hydrogens is 176 g/mol. The monoisotopic (exact) mass is 188 g/mol. The molecule has 74 valence electrons. The lowest BCUT2D eigenvalue weighted by Crippen LogP contribution is -2.06. The first kappa shape index (κ1) is 9.94. The molecule has 0 bridgehead atoms.